The minimum atomic E-state index is 0.892. The summed E-state index contributed by atoms with van der Waals surface area (Å²) in [6.45, 7) is 4.53. The van der Waals surface area contributed by atoms with Gasteiger partial charge in [0.2, 0.25) is 0 Å². The van der Waals surface area contributed by atoms with Gasteiger partial charge >= 0.3 is 0 Å². The molecule has 1 fully saturated rings. The molecule has 0 aromatic heterocycles. The van der Waals surface area contributed by atoms with Crippen LogP contribution in [0.3, 0.4) is 0 Å². The van der Waals surface area contributed by atoms with Crippen LogP contribution in [0.2, 0.25) is 0 Å². The Labute approximate surface area is 84.6 Å². The third kappa shape index (κ3) is 2.39. The first-order valence-electron chi connectivity index (χ1n) is 5.27. The molecule has 0 radical (unpaired) electrons. The summed E-state index contributed by atoms with van der Waals surface area (Å²) >= 11 is 1.87. The Bertz CT molecular complexity index is 203. The summed E-state index contributed by atoms with van der Waals surface area (Å²) in [7, 11) is 0. The van der Waals surface area contributed by atoms with Crippen LogP contribution in [0.5, 0.6) is 0 Å². The molecule has 1 aliphatic heterocycles. The summed E-state index contributed by atoms with van der Waals surface area (Å²) in [5.74, 6) is 2.98. The molecule has 13 heavy (non-hydrogen) atoms. The average molecular weight is 198 g/mol. The van der Waals surface area contributed by atoms with Crippen molar-refractivity contribution in [3.63, 3.8) is 0 Å². The molecule has 1 saturated carbocycles. The van der Waals surface area contributed by atoms with Crippen LogP contribution in [0.25, 0.3) is 0 Å². The Morgan fingerprint density at radius 3 is 3.08 bits per heavy atom. The summed E-state index contributed by atoms with van der Waals surface area (Å²) < 4.78 is 0. The number of aliphatic imine (C=N–C) groups is 1. The summed E-state index contributed by atoms with van der Waals surface area (Å²) in [5.41, 5.74) is 0. The fourth-order valence-corrected chi connectivity index (χ4v) is 2.93. The van der Waals surface area contributed by atoms with Gasteiger partial charge in [-0.05, 0) is 18.3 Å². The maximum atomic E-state index is 4.39. The second kappa shape index (κ2) is 4.36. The lowest BCUT2D eigenvalue weighted by atomic mass is 9.98. The Balaban J connectivity index is 1.72. The number of nitrogens with zero attached hydrogens (tertiary/aromatic N) is 1. The lowest BCUT2D eigenvalue weighted by Gasteiger charge is -2.15. The fraction of sp³-hybridized carbons (Fsp3) is 0.900. The van der Waals surface area contributed by atoms with Gasteiger partial charge in [-0.1, -0.05) is 31.5 Å². The van der Waals surface area contributed by atoms with Gasteiger partial charge in [-0.3, -0.25) is 4.99 Å². The largest absolute Gasteiger partial charge is 0.365 e. The Kier molecular flexibility index (Phi) is 3.14. The van der Waals surface area contributed by atoms with Gasteiger partial charge in [-0.2, -0.15) is 0 Å². The molecule has 0 bridgehead atoms. The van der Waals surface area contributed by atoms with E-state index in [9.17, 15) is 0 Å². The van der Waals surface area contributed by atoms with E-state index in [-0.39, 0.29) is 0 Å². The zero-order valence-electron chi connectivity index (χ0n) is 8.25. The number of nitrogens with one attached hydrogen (secondary N) is 1. The zero-order valence-corrected chi connectivity index (χ0v) is 9.07. The highest BCUT2D eigenvalue weighted by atomic mass is 32.2. The highest BCUT2D eigenvalue weighted by Crippen LogP contribution is 2.30. The van der Waals surface area contributed by atoms with Gasteiger partial charge < -0.3 is 5.32 Å². The summed E-state index contributed by atoms with van der Waals surface area (Å²) in [6.07, 6.45) is 4.26. The maximum Gasteiger partial charge on any atom is 0.156 e. The van der Waals surface area contributed by atoms with Crippen LogP contribution in [0.15, 0.2) is 4.99 Å². The average Bonchev–Trinajstić information content (AvgIpc) is 2.72. The van der Waals surface area contributed by atoms with E-state index in [0.29, 0.717) is 0 Å². The van der Waals surface area contributed by atoms with E-state index < -0.39 is 0 Å². The first kappa shape index (κ1) is 9.38. The van der Waals surface area contributed by atoms with E-state index in [1.807, 2.05) is 11.8 Å². The van der Waals surface area contributed by atoms with Crippen LogP contribution < -0.4 is 5.32 Å². The third-order valence-corrected chi connectivity index (χ3v) is 4.07. The Hall–Kier alpha value is -0.180. The number of hydrogen-bond acceptors (Lipinski definition) is 3. The molecule has 2 nitrogen and oxygen atoms in total. The number of amidine groups is 1. The molecule has 2 aliphatic rings. The van der Waals surface area contributed by atoms with Gasteiger partial charge in [-0.15, -0.1) is 0 Å². The van der Waals surface area contributed by atoms with Crippen LogP contribution in [-0.2, 0) is 0 Å². The fourth-order valence-electron chi connectivity index (χ4n) is 2.19. The number of hydrogen-bond donors (Lipinski definition) is 1. The second-order valence-corrected chi connectivity index (χ2v) is 5.17. The van der Waals surface area contributed by atoms with Gasteiger partial charge in [0.1, 0.15) is 0 Å². The van der Waals surface area contributed by atoms with Crippen LogP contribution in [-0.4, -0.2) is 24.0 Å². The molecular weight excluding hydrogens is 180 g/mol. The highest BCUT2D eigenvalue weighted by molar-refractivity contribution is 8.14. The molecule has 0 aromatic carbocycles. The van der Waals surface area contributed by atoms with E-state index in [4.69, 9.17) is 0 Å². The van der Waals surface area contributed by atoms with Gasteiger partial charge in [0.15, 0.2) is 5.17 Å². The van der Waals surface area contributed by atoms with Crippen molar-refractivity contribution in [2.75, 3.05) is 18.8 Å². The SMILES string of the molecule is CC1CCCC1CNC1=NCCS1. The molecule has 2 unspecified atom stereocenters. The molecule has 0 saturated heterocycles. The van der Waals surface area contributed by atoms with Crippen molar-refractivity contribution in [1.82, 2.24) is 5.32 Å². The van der Waals surface area contributed by atoms with Crippen LogP contribution in [0.4, 0.5) is 0 Å². The number of rotatable bonds is 2. The lowest BCUT2D eigenvalue weighted by Crippen LogP contribution is -2.27. The summed E-state index contributed by atoms with van der Waals surface area (Å²) in [5, 5.41) is 4.65. The molecule has 1 aliphatic carbocycles. The molecule has 0 amide bonds. The van der Waals surface area contributed by atoms with Crippen molar-refractivity contribution in [1.29, 1.82) is 0 Å². The summed E-state index contributed by atoms with van der Waals surface area (Å²) in [4.78, 5) is 4.39. The monoisotopic (exact) mass is 198 g/mol. The predicted molar refractivity (Wildman–Crippen MR) is 59.3 cm³/mol. The van der Waals surface area contributed by atoms with Crippen LogP contribution in [0.1, 0.15) is 26.2 Å². The van der Waals surface area contributed by atoms with Crippen molar-refractivity contribution in [3.8, 4) is 0 Å². The van der Waals surface area contributed by atoms with Crippen LogP contribution in [0, 0.1) is 11.8 Å². The zero-order chi connectivity index (χ0) is 9.10. The molecule has 1 heterocycles. The highest BCUT2D eigenvalue weighted by Gasteiger charge is 2.23. The molecular formula is C10H18N2S. The van der Waals surface area contributed by atoms with E-state index in [2.05, 4.69) is 17.2 Å². The van der Waals surface area contributed by atoms with Gasteiger partial charge in [0, 0.05) is 12.3 Å². The van der Waals surface area contributed by atoms with Crippen molar-refractivity contribution in [2.45, 2.75) is 26.2 Å². The van der Waals surface area contributed by atoms with E-state index in [1.165, 1.54) is 30.2 Å². The Morgan fingerprint density at radius 2 is 2.46 bits per heavy atom. The lowest BCUT2D eigenvalue weighted by molar-refractivity contribution is 0.416. The topological polar surface area (TPSA) is 24.4 Å². The number of thioether (sulfide) groups is 1. The second-order valence-electron chi connectivity index (χ2n) is 4.08. The predicted octanol–water partition coefficient (Wildman–Crippen LogP) is 2.12. The molecule has 0 aromatic rings. The molecule has 0 spiro atoms. The minimum Gasteiger partial charge on any atom is -0.365 e. The van der Waals surface area contributed by atoms with E-state index in [1.54, 1.807) is 0 Å². The van der Waals surface area contributed by atoms with Gasteiger partial charge in [0.05, 0.1) is 6.54 Å². The van der Waals surface area contributed by atoms with Gasteiger partial charge in [-0.25, -0.2) is 0 Å². The minimum absolute atomic E-state index is 0.892. The smallest absolute Gasteiger partial charge is 0.156 e. The van der Waals surface area contributed by atoms with Crippen molar-refractivity contribution in [2.24, 2.45) is 16.8 Å². The summed E-state index contributed by atoms with van der Waals surface area (Å²) in [6, 6.07) is 0. The van der Waals surface area contributed by atoms with Crippen molar-refractivity contribution in [3.05, 3.63) is 0 Å². The third-order valence-electron chi connectivity index (χ3n) is 3.14. The molecule has 2 rings (SSSR count). The first-order valence-corrected chi connectivity index (χ1v) is 6.26. The van der Waals surface area contributed by atoms with Gasteiger partial charge in [0.25, 0.3) is 0 Å². The molecule has 74 valence electrons. The molecule has 1 N–H and O–H groups in total. The Morgan fingerprint density at radius 1 is 1.54 bits per heavy atom. The maximum absolute atomic E-state index is 4.39. The van der Waals surface area contributed by atoms with Crippen molar-refractivity contribution < 1.29 is 0 Å². The standard InChI is InChI=1S/C10H18N2S/c1-8-3-2-4-9(8)7-12-10-11-5-6-13-10/h8-9H,2-7H2,1H3,(H,11,12). The van der Waals surface area contributed by atoms with E-state index >= 15 is 0 Å². The molecule has 3 heteroatoms. The first-order chi connectivity index (χ1) is 6.36. The molecule has 2 atom stereocenters. The normalized spacial score (nSPS) is 33.5. The van der Waals surface area contributed by atoms with Crippen molar-refractivity contribution >= 4 is 16.9 Å². The van der Waals surface area contributed by atoms with E-state index in [0.717, 1.165) is 24.9 Å². The van der Waals surface area contributed by atoms with Crippen LogP contribution >= 0.6 is 11.8 Å². The quantitative estimate of drug-likeness (QED) is 0.735.